The second-order valence-corrected chi connectivity index (χ2v) is 4.02. The molecular weight excluding hydrogens is 202 g/mol. The first-order valence-corrected chi connectivity index (χ1v) is 5.42. The number of nitrogens with zero attached hydrogens (tertiary/aromatic N) is 2. The fourth-order valence-electron chi connectivity index (χ4n) is 1.70. The van der Waals surface area contributed by atoms with Gasteiger partial charge in [0.05, 0.1) is 12.6 Å². The molecule has 0 saturated heterocycles. The molecule has 2 aromatic rings. The van der Waals surface area contributed by atoms with Gasteiger partial charge in [0.25, 0.3) is 0 Å². The third kappa shape index (κ3) is 1.66. The number of ether oxygens (including phenoxy) is 1. The second kappa shape index (κ2) is 3.63. The minimum atomic E-state index is 0.587. The Hall–Kier alpha value is -1.84. The van der Waals surface area contributed by atoms with Crippen molar-refractivity contribution in [2.45, 2.75) is 18.9 Å². The van der Waals surface area contributed by atoms with E-state index in [0.29, 0.717) is 6.04 Å². The Morgan fingerprint density at radius 1 is 1.31 bits per heavy atom. The lowest BCUT2D eigenvalue weighted by molar-refractivity contribution is 0.415. The number of methoxy groups -OCH3 is 1. The number of benzene rings is 1. The molecule has 1 heterocycles. The van der Waals surface area contributed by atoms with Crippen molar-refractivity contribution in [2.24, 2.45) is 0 Å². The van der Waals surface area contributed by atoms with E-state index in [0.717, 1.165) is 22.5 Å². The summed E-state index contributed by atoms with van der Waals surface area (Å²) in [5, 5.41) is 4.43. The molecule has 0 bridgehead atoms. The van der Waals surface area contributed by atoms with E-state index in [1.54, 1.807) is 13.4 Å². The Kier molecular flexibility index (Phi) is 2.13. The molecular formula is C12H13N3O. The van der Waals surface area contributed by atoms with Crippen molar-refractivity contribution < 1.29 is 4.74 Å². The molecule has 1 aromatic heterocycles. The zero-order chi connectivity index (χ0) is 11.0. The fourth-order valence-corrected chi connectivity index (χ4v) is 1.70. The van der Waals surface area contributed by atoms with Gasteiger partial charge in [0.1, 0.15) is 17.9 Å². The minimum absolute atomic E-state index is 0.587. The molecule has 3 rings (SSSR count). The van der Waals surface area contributed by atoms with E-state index in [4.69, 9.17) is 4.74 Å². The summed E-state index contributed by atoms with van der Waals surface area (Å²) >= 11 is 0. The van der Waals surface area contributed by atoms with Gasteiger partial charge < -0.3 is 10.1 Å². The van der Waals surface area contributed by atoms with Crippen LogP contribution >= 0.6 is 0 Å². The van der Waals surface area contributed by atoms with E-state index in [2.05, 4.69) is 15.3 Å². The van der Waals surface area contributed by atoms with Gasteiger partial charge in [-0.1, -0.05) is 0 Å². The number of nitrogens with one attached hydrogen (secondary N) is 1. The van der Waals surface area contributed by atoms with E-state index in [1.807, 2.05) is 18.2 Å². The molecule has 16 heavy (non-hydrogen) atoms. The Morgan fingerprint density at radius 2 is 2.19 bits per heavy atom. The number of anilines is 1. The van der Waals surface area contributed by atoms with Crippen LogP contribution in [0.1, 0.15) is 12.8 Å². The summed E-state index contributed by atoms with van der Waals surface area (Å²) in [7, 11) is 1.67. The highest BCUT2D eigenvalue weighted by atomic mass is 16.5. The molecule has 1 N–H and O–H groups in total. The lowest BCUT2D eigenvalue weighted by Crippen LogP contribution is -2.04. The van der Waals surface area contributed by atoms with Crippen LogP contribution in [0.4, 0.5) is 5.82 Å². The maximum atomic E-state index is 5.21. The van der Waals surface area contributed by atoms with Crippen molar-refractivity contribution in [1.29, 1.82) is 0 Å². The lowest BCUT2D eigenvalue weighted by atomic mass is 10.2. The monoisotopic (exact) mass is 215 g/mol. The molecule has 0 atom stereocenters. The molecule has 1 aliphatic rings. The van der Waals surface area contributed by atoms with Crippen LogP contribution in [0.15, 0.2) is 24.5 Å². The molecule has 1 aromatic carbocycles. The van der Waals surface area contributed by atoms with Crippen molar-refractivity contribution in [3.8, 4) is 5.75 Å². The van der Waals surface area contributed by atoms with Gasteiger partial charge in [0, 0.05) is 11.4 Å². The quantitative estimate of drug-likeness (QED) is 0.852. The van der Waals surface area contributed by atoms with Gasteiger partial charge >= 0.3 is 0 Å². The highest BCUT2D eigenvalue weighted by Crippen LogP contribution is 2.29. The Morgan fingerprint density at radius 3 is 2.94 bits per heavy atom. The lowest BCUT2D eigenvalue weighted by Gasteiger charge is -2.08. The van der Waals surface area contributed by atoms with Crippen LogP contribution in [0.5, 0.6) is 5.75 Å². The van der Waals surface area contributed by atoms with E-state index < -0.39 is 0 Å². The second-order valence-electron chi connectivity index (χ2n) is 4.02. The first-order chi connectivity index (χ1) is 7.86. The number of fused-ring (bicyclic) bond motifs is 1. The van der Waals surface area contributed by atoms with E-state index >= 15 is 0 Å². The molecule has 0 radical (unpaired) electrons. The van der Waals surface area contributed by atoms with Gasteiger partial charge in [-0.05, 0) is 31.0 Å². The largest absolute Gasteiger partial charge is 0.497 e. The summed E-state index contributed by atoms with van der Waals surface area (Å²) < 4.78 is 5.21. The third-order valence-electron chi connectivity index (χ3n) is 2.76. The number of hydrogen-bond acceptors (Lipinski definition) is 4. The zero-order valence-corrected chi connectivity index (χ0v) is 9.10. The van der Waals surface area contributed by atoms with Crippen LogP contribution in [0.2, 0.25) is 0 Å². The van der Waals surface area contributed by atoms with Crippen molar-refractivity contribution >= 4 is 16.7 Å². The summed E-state index contributed by atoms with van der Waals surface area (Å²) in [6.45, 7) is 0. The molecule has 1 aliphatic carbocycles. The maximum absolute atomic E-state index is 5.21. The average Bonchev–Trinajstić information content (AvgIpc) is 3.13. The van der Waals surface area contributed by atoms with Crippen LogP contribution in [-0.4, -0.2) is 23.1 Å². The van der Waals surface area contributed by atoms with Crippen LogP contribution in [0, 0.1) is 0 Å². The average molecular weight is 215 g/mol. The molecule has 4 heteroatoms. The molecule has 82 valence electrons. The summed E-state index contributed by atoms with van der Waals surface area (Å²) in [5.41, 5.74) is 0.943. The summed E-state index contributed by atoms with van der Waals surface area (Å²) in [6, 6.07) is 6.42. The normalized spacial score (nSPS) is 15.1. The molecule has 0 spiro atoms. The predicted octanol–water partition coefficient (Wildman–Crippen LogP) is 2.21. The van der Waals surface area contributed by atoms with Crippen LogP contribution in [0.3, 0.4) is 0 Å². The Balaban J connectivity index is 2.10. The topological polar surface area (TPSA) is 47.0 Å². The number of hydrogen-bond donors (Lipinski definition) is 1. The van der Waals surface area contributed by atoms with Crippen LogP contribution in [0.25, 0.3) is 10.9 Å². The van der Waals surface area contributed by atoms with E-state index in [9.17, 15) is 0 Å². The van der Waals surface area contributed by atoms with Crippen molar-refractivity contribution in [3.05, 3.63) is 24.5 Å². The SMILES string of the molecule is COc1ccc2ncnc(NC3CC3)c2c1. The van der Waals surface area contributed by atoms with Crippen molar-refractivity contribution in [2.75, 3.05) is 12.4 Å². The summed E-state index contributed by atoms with van der Waals surface area (Å²) in [5.74, 6) is 1.74. The fraction of sp³-hybridized carbons (Fsp3) is 0.333. The molecule has 4 nitrogen and oxygen atoms in total. The third-order valence-corrected chi connectivity index (χ3v) is 2.76. The minimum Gasteiger partial charge on any atom is -0.497 e. The molecule has 0 amide bonds. The Bertz CT molecular complexity index is 523. The summed E-state index contributed by atoms with van der Waals surface area (Å²) in [4.78, 5) is 8.52. The first-order valence-electron chi connectivity index (χ1n) is 5.42. The standard InChI is InChI=1S/C12H13N3O/c1-16-9-4-5-11-10(6-9)12(14-7-13-11)15-8-2-3-8/h4-8H,2-3H2,1H3,(H,13,14,15). The number of aromatic nitrogens is 2. The van der Waals surface area contributed by atoms with Crippen molar-refractivity contribution in [3.63, 3.8) is 0 Å². The van der Waals surface area contributed by atoms with Crippen LogP contribution in [-0.2, 0) is 0 Å². The van der Waals surface area contributed by atoms with Gasteiger partial charge in [0.2, 0.25) is 0 Å². The summed E-state index contributed by atoms with van der Waals surface area (Å²) in [6.07, 6.45) is 4.06. The molecule has 0 aliphatic heterocycles. The van der Waals surface area contributed by atoms with Crippen molar-refractivity contribution in [1.82, 2.24) is 9.97 Å². The van der Waals surface area contributed by atoms with E-state index in [-0.39, 0.29) is 0 Å². The van der Waals surface area contributed by atoms with E-state index in [1.165, 1.54) is 12.8 Å². The van der Waals surface area contributed by atoms with Gasteiger partial charge in [-0.3, -0.25) is 0 Å². The van der Waals surface area contributed by atoms with Gasteiger partial charge in [-0.15, -0.1) is 0 Å². The highest BCUT2D eigenvalue weighted by Gasteiger charge is 2.22. The molecule has 1 saturated carbocycles. The smallest absolute Gasteiger partial charge is 0.137 e. The Labute approximate surface area is 93.7 Å². The molecule has 0 unspecified atom stereocenters. The zero-order valence-electron chi connectivity index (χ0n) is 9.10. The van der Waals surface area contributed by atoms with Gasteiger partial charge in [-0.2, -0.15) is 0 Å². The maximum Gasteiger partial charge on any atom is 0.137 e. The van der Waals surface area contributed by atoms with Crippen LogP contribution < -0.4 is 10.1 Å². The highest BCUT2D eigenvalue weighted by molar-refractivity contribution is 5.90. The molecule has 1 fully saturated rings. The first kappa shape index (κ1) is 9.39. The van der Waals surface area contributed by atoms with Gasteiger partial charge in [0.15, 0.2) is 0 Å². The number of rotatable bonds is 3. The predicted molar refractivity (Wildman–Crippen MR) is 62.7 cm³/mol. The van der Waals surface area contributed by atoms with Gasteiger partial charge in [-0.25, -0.2) is 9.97 Å².